The molecule has 9 nitrogen and oxygen atoms in total. The molecule has 1 saturated heterocycles. The highest BCUT2D eigenvalue weighted by Gasteiger charge is 2.32. The summed E-state index contributed by atoms with van der Waals surface area (Å²) in [5, 5.41) is 2.66. The van der Waals surface area contributed by atoms with E-state index in [1.54, 1.807) is 50.4 Å². The summed E-state index contributed by atoms with van der Waals surface area (Å²) in [5.41, 5.74) is 1.73. The molecule has 1 fully saturated rings. The molecule has 3 aromatic rings. The average molecular weight is 507 g/mol. The van der Waals surface area contributed by atoms with E-state index in [9.17, 15) is 14.0 Å². The summed E-state index contributed by atoms with van der Waals surface area (Å²) in [4.78, 5) is 36.1. The van der Waals surface area contributed by atoms with Crippen molar-refractivity contribution in [3.8, 4) is 22.8 Å². The zero-order valence-electron chi connectivity index (χ0n) is 20.6. The third-order valence-electron chi connectivity index (χ3n) is 6.41. The summed E-state index contributed by atoms with van der Waals surface area (Å²) in [7, 11) is 1.62. The van der Waals surface area contributed by atoms with Crippen molar-refractivity contribution in [2.75, 3.05) is 31.8 Å². The summed E-state index contributed by atoms with van der Waals surface area (Å²) in [5.74, 6) is -0.527. The molecule has 3 heterocycles. The zero-order chi connectivity index (χ0) is 25.9. The molecule has 2 aliphatic rings. The number of rotatable bonds is 5. The minimum Gasteiger partial charge on any atom is -0.490 e. The number of carbonyl (C=O) groups is 2. The number of halogens is 1. The van der Waals surface area contributed by atoms with Crippen molar-refractivity contribution in [2.45, 2.75) is 31.9 Å². The third kappa shape index (κ3) is 5.24. The van der Waals surface area contributed by atoms with Crippen LogP contribution in [0.3, 0.4) is 0 Å². The van der Waals surface area contributed by atoms with E-state index in [2.05, 4.69) is 15.3 Å². The van der Waals surface area contributed by atoms with Crippen LogP contribution in [0.25, 0.3) is 11.3 Å². The van der Waals surface area contributed by atoms with E-state index < -0.39 is 17.8 Å². The SMILES string of the molecule is Cc1cnc(C(=O)N[C@H]2COc3ccc(OC4CCOCC4)cc3N(C)C2=O)nc1-c1ccccc1F. The smallest absolute Gasteiger partial charge is 0.289 e. The van der Waals surface area contributed by atoms with Crippen LogP contribution in [0.5, 0.6) is 11.5 Å². The lowest BCUT2D eigenvalue weighted by molar-refractivity contribution is -0.120. The van der Waals surface area contributed by atoms with E-state index in [4.69, 9.17) is 14.2 Å². The van der Waals surface area contributed by atoms with Crippen molar-refractivity contribution in [3.63, 3.8) is 0 Å². The maximum Gasteiger partial charge on any atom is 0.289 e. The summed E-state index contributed by atoms with van der Waals surface area (Å²) in [6.07, 6.45) is 3.11. The van der Waals surface area contributed by atoms with Crippen molar-refractivity contribution in [1.29, 1.82) is 0 Å². The van der Waals surface area contributed by atoms with Crippen LogP contribution in [0.15, 0.2) is 48.7 Å². The predicted octanol–water partition coefficient (Wildman–Crippen LogP) is 3.30. The molecule has 37 heavy (non-hydrogen) atoms. The van der Waals surface area contributed by atoms with Crippen molar-refractivity contribution in [1.82, 2.24) is 15.3 Å². The molecule has 192 valence electrons. The first-order chi connectivity index (χ1) is 17.9. The standard InChI is InChI=1S/C27H27FN4O5/c1-16-14-29-25(31-24(16)19-5-3-4-6-20(19)28)26(33)30-21-15-36-23-8-7-18(13-22(23)32(2)27(21)34)37-17-9-11-35-12-10-17/h3-8,13-14,17,21H,9-12,15H2,1-2H3,(H,30,33)/t21-/m0/s1. The van der Waals surface area contributed by atoms with E-state index in [-0.39, 0.29) is 30.0 Å². The second-order valence-corrected chi connectivity index (χ2v) is 9.00. The normalized spacial score (nSPS) is 18.0. The van der Waals surface area contributed by atoms with E-state index in [0.29, 0.717) is 41.7 Å². The van der Waals surface area contributed by atoms with E-state index >= 15 is 0 Å². The van der Waals surface area contributed by atoms with Gasteiger partial charge in [0.05, 0.1) is 24.6 Å². The van der Waals surface area contributed by atoms with Crippen LogP contribution in [-0.4, -0.2) is 60.8 Å². The van der Waals surface area contributed by atoms with Gasteiger partial charge in [-0.05, 0) is 36.8 Å². The number of aryl methyl sites for hydroxylation is 1. The number of benzene rings is 2. The molecule has 0 saturated carbocycles. The predicted molar refractivity (Wildman–Crippen MR) is 133 cm³/mol. The first-order valence-corrected chi connectivity index (χ1v) is 12.1. The van der Waals surface area contributed by atoms with Crippen molar-refractivity contribution in [3.05, 3.63) is 65.9 Å². The first kappa shape index (κ1) is 24.6. The maximum absolute atomic E-state index is 14.3. The van der Waals surface area contributed by atoms with Crippen LogP contribution in [0.2, 0.25) is 0 Å². The third-order valence-corrected chi connectivity index (χ3v) is 6.41. The zero-order valence-corrected chi connectivity index (χ0v) is 20.6. The number of amides is 2. The Morgan fingerprint density at radius 3 is 2.76 bits per heavy atom. The van der Waals surface area contributed by atoms with Gasteiger partial charge in [-0.1, -0.05) is 12.1 Å². The van der Waals surface area contributed by atoms with Gasteiger partial charge in [-0.15, -0.1) is 0 Å². The summed E-state index contributed by atoms with van der Waals surface area (Å²) in [6.45, 7) is 2.97. The molecule has 0 unspecified atom stereocenters. The van der Waals surface area contributed by atoms with Gasteiger partial charge in [0, 0.05) is 37.7 Å². The topological polar surface area (TPSA) is 103 Å². The number of ether oxygens (including phenoxy) is 3. The molecule has 0 radical (unpaired) electrons. The van der Waals surface area contributed by atoms with Crippen LogP contribution in [0.4, 0.5) is 10.1 Å². The molecule has 1 aromatic heterocycles. The van der Waals surface area contributed by atoms with Gasteiger partial charge in [0.25, 0.3) is 11.8 Å². The van der Waals surface area contributed by atoms with Crippen molar-refractivity contribution < 1.29 is 28.2 Å². The van der Waals surface area contributed by atoms with Gasteiger partial charge in [-0.25, -0.2) is 14.4 Å². The second-order valence-electron chi connectivity index (χ2n) is 9.00. The Bertz CT molecular complexity index is 1330. The van der Waals surface area contributed by atoms with Crippen LogP contribution in [0.1, 0.15) is 29.0 Å². The molecule has 5 rings (SSSR count). The molecule has 1 atom stereocenters. The summed E-state index contributed by atoms with van der Waals surface area (Å²) >= 11 is 0. The van der Waals surface area contributed by atoms with Gasteiger partial charge >= 0.3 is 0 Å². The highest BCUT2D eigenvalue weighted by atomic mass is 19.1. The number of likely N-dealkylation sites (N-methyl/N-ethyl adjacent to an activating group) is 1. The quantitative estimate of drug-likeness (QED) is 0.566. The Hall–Kier alpha value is -4.05. The number of hydrogen-bond acceptors (Lipinski definition) is 7. The molecule has 1 N–H and O–H groups in total. The Balaban J connectivity index is 1.32. The lowest BCUT2D eigenvalue weighted by atomic mass is 10.1. The Morgan fingerprint density at radius 2 is 1.97 bits per heavy atom. The van der Waals surface area contributed by atoms with Gasteiger partial charge in [0.15, 0.2) is 0 Å². The highest BCUT2D eigenvalue weighted by Crippen LogP contribution is 2.35. The van der Waals surface area contributed by atoms with Crippen LogP contribution in [-0.2, 0) is 9.53 Å². The molecule has 2 amide bonds. The second kappa shape index (κ2) is 10.5. The van der Waals surface area contributed by atoms with E-state index in [1.165, 1.54) is 17.2 Å². The fraction of sp³-hybridized carbons (Fsp3) is 0.333. The Labute approximate surface area is 213 Å². The molecule has 0 aliphatic carbocycles. The Kier molecular flexibility index (Phi) is 7.00. The van der Waals surface area contributed by atoms with Crippen LogP contribution in [0, 0.1) is 12.7 Å². The van der Waals surface area contributed by atoms with Gasteiger partial charge in [0.2, 0.25) is 5.82 Å². The molecule has 2 aromatic carbocycles. The van der Waals surface area contributed by atoms with Crippen LogP contribution < -0.4 is 19.7 Å². The molecule has 0 bridgehead atoms. The monoisotopic (exact) mass is 506 g/mol. The van der Waals surface area contributed by atoms with Gasteiger partial charge in [-0.3, -0.25) is 9.59 Å². The lowest BCUT2D eigenvalue weighted by Gasteiger charge is -2.24. The fourth-order valence-electron chi connectivity index (χ4n) is 4.34. The largest absolute Gasteiger partial charge is 0.490 e. The maximum atomic E-state index is 14.3. The van der Waals surface area contributed by atoms with Crippen molar-refractivity contribution >= 4 is 17.5 Å². The van der Waals surface area contributed by atoms with Crippen LogP contribution >= 0.6 is 0 Å². The average Bonchev–Trinajstić information content (AvgIpc) is 3.02. The number of hydrogen-bond donors (Lipinski definition) is 1. The highest BCUT2D eigenvalue weighted by molar-refractivity contribution is 6.02. The number of nitrogens with zero attached hydrogens (tertiary/aromatic N) is 3. The first-order valence-electron chi connectivity index (χ1n) is 12.1. The summed E-state index contributed by atoms with van der Waals surface area (Å²) < 4.78 is 31.7. The molecular weight excluding hydrogens is 479 g/mol. The van der Waals surface area contributed by atoms with Gasteiger partial charge in [0.1, 0.15) is 36.1 Å². The molecular formula is C27H27FN4O5. The lowest BCUT2D eigenvalue weighted by Crippen LogP contribution is -2.49. The van der Waals surface area contributed by atoms with E-state index in [1.807, 2.05) is 0 Å². The minimum absolute atomic E-state index is 0.0512. The number of nitrogens with one attached hydrogen (secondary N) is 1. The van der Waals surface area contributed by atoms with Crippen molar-refractivity contribution in [2.24, 2.45) is 0 Å². The number of fused-ring (bicyclic) bond motifs is 1. The Morgan fingerprint density at radius 1 is 1.19 bits per heavy atom. The van der Waals surface area contributed by atoms with E-state index in [0.717, 1.165) is 12.8 Å². The van der Waals surface area contributed by atoms with Gasteiger partial charge in [-0.2, -0.15) is 0 Å². The minimum atomic E-state index is -0.980. The number of aromatic nitrogens is 2. The number of anilines is 1. The fourth-order valence-corrected chi connectivity index (χ4v) is 4.34. The summed E-state index contributed by atoms with van der Waals surface area (Å²) in [6, 6.07) is 10.5. The molecule has 2 aliphatic heterocycles. The van der Waals surface area contributed by atoms with Gasteiger partial charge < -0.3 is 24.4 Å². The number of carbonyl (C=O) groups excluding carboxylic acids is 2. The molecule has 0 spiro atoms. The molecule has 10 heteroatoms.